The van der Waals surface area contributed by atoms with Crippen LogP contribution in [0, 0.1) is 0 Å². The molecule has 2 aliphatic heterocycles. The van der Waals surface area contributed by atoms with Gasteiger partial charge in [0.05, 0.1) is 30.8 Å². The second kappa shape index (κ2) is 9.41. The fourth-order valence-corrected chi connectivity index (χ4v) is 4.11. The molecule has 1 aromatic carbocycles. The van der Waals surface area contributed by atoms with Crippen molar-refractivity contribution in [1.82, 2.24) is 9.80 Å². The van der Waals surface area contributed by atoms with E-state index in [0.717, 1.165) is 22.2 Å². The molecule has 0 unspecified atom stereocenters. The smallest absolute Gasteiger partial charge is 0.337 e. The molecule has 0 spiro atoms. The highest BCUT2D eigenvalue weighted by Crippen LogP contribution is 2.33. The number of rotatable bonds is 5. The van der Waals surface area contributed by atoms with Crippen LogP contribution in [0.5, 0.6) is 0 Å². The average Bonchev–Trinajstić information content (AvgIpc) is 3.39. The number of esters is 1. The number of imide groups is 1. The first-order chi connectivity index (χ1) is 15.5. The lowest BCUT2D eigenvalue weighted by Crippen LogP contribution is -2.46. The largest absolute Gasteiger partial charge is 0.465 e. The lowest BCUT2D eigenvalue weighted by Gasteiger charge is -2.27. The number of amides is 3. The molecule has 0 N–H and O–H groups in total. The molecule has 10 heteroatoms. The van der Waals surface area contributed by atoms with E-state index in [4.69, 9.17) is 9.15 Å². The number of carbonyl (C=O) groups excluding carboxylic acids is 4. The minimum Gasteiger partial charge on any atom is -0.465 e. The zero-order valence-corrected chi connectivity index (χ0v) is 18.1. The normalized spacial score (nSPS) is 17.8. The molecule has 3 amide bonds. The Hall–Kier alpha value is -3.37. The number of morpholine rings is 1. The van der Waals surface area contributed by atoms with Crippen LogP contribution < -0.4 is 0 Å². The minimum absolute atomic E-state index is 0.187. The summed E-state index contributed by atoms with van der Waals surface area (Å²) in [4.78, 5) is 51.7. The van der Waals surface area contributed by atoms with Gasteiger partial charge in [0.2, 0.25) is 5.91 Å². The molecular formula is C22H20N2O7S. The van der Waals surface area contributed by atoms with E-state index in [1.54, 1.807) is 41.3 Å². The lowest BCUT2D eigenvalue weighted by atomic mass is 10.1. The molecule has 0 saturated carbocycles. The predicted molar refractivity (Wildman–Crippen MR) is 116 cm³/mol. The summed E-state index contributed by atoms with van der Waals surface area (Å²) < 4.78 is 15.7. The second-order valence-corrected chi connectivity index (χ2v) is 8.03. The third-order valence-corrected chi connectivity index (χ3v) is 5.93. The van der Waals surface area contributed by atoms with Gasteiger partial charge in [-0.15, -0.1) is 0 Å². The molecule has 2 saturated heterocycles. The van der Waals surface area contributed by atoms with E-state index >= 15 is 0 Å². The van der Waals surface area contributed by atoms with Gasteiger partial charge in [-0.05, 0) is 36.0 Å². The number of hydrogen-bond acceptors (Lipinski definition) is 8. The van der Waals surface area contributed by atoms with Crippen LogP contribution in [-0.2, 0) is 19.1 Å². The number of benzene rings is 1. The Morgan fingerprint density at radius 1 is 1.09 bits per heavy atom. The van der Waals surface area contributed by atoms with Crippen molar-refractivity contribution < 1.29 is 33.1 Å². The number of hydrogen-bond donors (Lipinski definition) is 0. The number of methoxy groups -OCH3 is 1. The first kappa shape index (κ1) is 21.8. The maximum atomic E-state index is 12.7. The molecular weight excluding hydrogens is 436 g/mol. The molecule has 9 nitrogen and oxygen atoms in total. The van der Waals surface area contributed by atoms with E-state index in [9.17, 15) is 19.2 Å². The first-order valence-electron chi connectivity index (χ1n) is 9.86. The Morgan fingerprint density at radius 2 is 1.81 bits per heavy atom. The zero-order valence-electron chi connectivity index (χ0n) is 17.2. The van der Waals surface area contributed by atoms with Gasteiger partial charge in [-0.1, -0.05) is 12.1 Å². The third-order valence-electron chi connectivity index (χ3n) is 5.02. The summed E-state index contributed by atoms with van der Waals surface area (Å²) in [6.07, 6.45) is 1.48. The summed E-state index contributed by atoms with van der Waals surface area (Å²) in [5, 5.41) is -0.493. The van der Waals surface area contributed by atoms with Gasteiger partial charge in [-0.2, -0.15) is 0 Å². The molecule has 166 valence electrons. The van der Waals surface area contributed by atoms with Gasteiger partial charge in [0, 0.05) is 24.7 Å². The molecule has 0 atom stereocenters. The first-order valence-corrected chi connectivity index (χ1v) is 10.7. The van der Waals surface area contributed by atoms with E-state index < -0.39 is 17.1 Å². The van der Waals surface area contributed by atoms with Crippen LogP contribution in [0.15, 0.2) is 45.7 Å². The molecule has 0 bridgehead atoms. The van der Waals surface area contributed by atoms with Crippen molar-refractivity contribution >= 4 is 40.9 Å². The maximum absolute atomic E-state index is 12.7. The lowest BCUT2D eigenvalue weighted by molar-refractivity contribution is -0.139. The van der Waals surface area contributed by atoms with E-state index in [1.165, 1.54) is 13.2 Å². The number of carbonyl (C=O) groups is 4. The Morgan fingerprint density at radius 3 is 2.50 bits per heavy atom. The van der Waals surface area contributed by atoms with Crippen LogP contribution in [0.25, 0.3) is 17.4 Å². The van der Waals surface area contributed by atoms with Crippen molar-refractivity contribution in [2.75, 3.05) is 40.0 Å². The summed E-state index contributed by atoms with van der Waals surface area (Å²) in [5.41, 5.74) is 1.16. The average molecular weight is 456 g/mol. The summed E-state index contributed by atoms with van der Waals surface area (Å²) in [5.74, 6) is -0.314. The molecule has 2 aliphatic rings. The fraction of sp³-hybridized carbons (Fsp3) is 0.273. The van der Waals surface area contributed by atoms with Crippen molar-refractivity contribution in [2.24, 2.45) is 0 Å². The Labute approximate surface area is 187 Å². The highest BCUT2D eigenvalue weighted by molar-refractivity contribution is 8.18. The van der Waals surface area contributed by atoms with Crippen LogP contribution in [0.3, 0.4) is 0 Å². The Kier molecular flexibility index (Phi) is 6.42. The number of nitrogens with zero attached hydrogens (tertiary/aromatic N) is 2. The van der Waals surface area contributed by atoms with Gasteiger partial charge < -0.3 is 18.8 Å². The van der Waals surface area contributed by atoms with Crippen LogP contribution in [0.2, 0.25) is 0 Å². The van der Waals surface area contributed by atoms with Crippen molar-refractivity contribution in [3.05, 3.63) is 52.6 Å². The highest BCUT2D eigenvalue weighted by atomic mass is 32.2. The quantitative estimate of drug-likeness (QED) is 0.499. The predicted octanol–water partition coefficient (Wildman–Crippen LogP) is 2.63. The van der Waals surface area contributed by atoms with Gasteiger partial charge in [0.15, 0.2) is 0 Å². The molecule has 3 heterocycles. The van der Waals surface area contributed by atoms with E-state index in [2.05, 4.69) is 4.74 Å². The van der Waals surface area contributed by atoms with Crippen LogP contribution in [0.4, 0.5) is 4.79 Å². The van der Waals surface area contributed by atoms with Gasteiger partial charge in [-0.25, -0.2) is 4.79 Å². The van der Waals surface area contributed by atoms with Crippen molar-refractivity contribution in [2.45, 2.75) is 0 Å². The fourth-order valence-electron chi connectivity index (χ4n) is 3.29. The van der Waals surface area contributed by atoms with Crippen LogP contribution in [0.1, 0.15) is 16.1 Å². The highest BCUT2D eigenvalue weighted by Gasteiger charge is 2.37. The van der Waals surface area contributed by atoms with Gasteiger partial charge in [0.25, 0.3) is 11.1 Å². The zero-order chi connectivity index (χ0) is 22.7. The van der Waals surface area contributed by atoms with Crippen molar-refractivity contribution in [3.63, 3.8) is 0 Å². The van der Waals surface area contributed by atoms with Gasteiger partial charge >= 0.3 is 5.97 Å². The van der Waals surface area contributed by atoms with E-state index in [1.807, 2.05) is 0 Å². The van der Waals surface area contributed by atoms with E-state index in [-0.39, 0.29) is 17.4 Å². The summed E-state index contributed by atoms with van der Waals surface area (Å²) in [6, 6.07) is 10.1. The van der Waals surface area contributed by atoms with Crippen LogP contribution >= 0.6 is 11.8 Å². The minimum atomic E-state index is -0.526. The Bertz CT molecular complexity index is 1080. The summed E-state index contributed by atoms with van der Waals surface area (Å²) >= 11 is 0.770. The number of ether oxygens (including phenoxy) is 2. The molecule has 1 aromatic heterocycles. The van der Waals surface area contributed by atoms with Crippen LogP contribution in [-0.4, -0.2) is 72.8 Å². The Balaban J connectivity index is 1.44. The maximum Gasteiger partial charge on any atom is 0.337 e. The van der Waals surface area contributed by atoms with Crippen molar-refractivity contribution in [1.29, 1.82) is 0 Å². The molecule has 32 heavy (non-hydrogen) atoms. The third kappa shape index (κ3) is 4.61. The monoisotopic (exact) mass is 456 g/mol. The second-order valence-electron chi connectivity index (χ2n) is 7.03. The molecule has 2 aromatic rings. The van der Waals surface area contributed by atoms with Crippen molar-refractivity contribution in [3.8, 4) is 11.3 Å². The van der Waals surface area contributed by atoms with Gasteiger partial charge in [-0.3, -0.25) is 19.3 Å². The molecule has 0 aliphatic carbocycles. The number of furan rings is 1. The summed E-state index contributed by atoms with van der Waals surface area (Å²) in [6.45, 7) is 1.48. The molecule has 0 radical (unpaired) electrons. The standard InChI is InChI=1S/C22H20N2O7S/c1-29-21(27)15-4-2-14(3-5-15)17-7-6-16(31-17)12-18-20(26)24(22(28)32-18)13-19(25)23-8-10-30-11-9-23/h2-7,12H,8-11,13H2,1H3. The molecule has 2 fully saturated rings. The topological polar surface area (TPSA) is 106 Å². The molecule has 4 rings (SSSR count). The summed E-state index contributed by atoms with van der Waals surface area (Å²) in [7, 11) is 1.31. The SMILES string of the molecule is COC(=O)c1ccc(-c2ccc(C=C3SC(=O)N(CC(=O)N4CCOCC4)C3=O)o2)cc1. The number of thioether (sulfide) groups is 1. The van der Waals surface area contributed by atoms with E-state index in [0.29, 0.717) is 43.4 Å². The van der Waals surface area contributed by atoms with Gasteiger partial charge in [0.1, 0.15) is 18.1 Å².